The number of aromatic nitrogens is 2. The second-order valence-corrected chi connectivity index (χ2v) is 8.60. The molecule has 1 saturated carbocycles. The van der Waals surface area contributed by atoms with E-state index in [1.165, 1.54) is 29.2 Å². The van der Waals surface area contributed by atoms with Crippen LogP contribution in [0.5, 0.6) is 5.75 Å². The van der Waals surface area contributed by atoms with Gasteiger partial charge in [-0.05, 0) is 61.2 Å². The van der Waals surface area contributed by atoms with Gasteiger partial charge in [0, 0.05) is 38.3 Å². The van der Waals surface area contributed by atoms with Crippen LogP contribution in [-0.4, -0.2) is 43.8 Å². The van der Waals surface area contributed by atoms with Crippen LogP contribution in [0, 0.1) is 5.92 Å². The van der Waals surface area contributed by atoms with E-state index in [4.69, 9.17) is 4.74 Å². The fraction of sp³-hybridized carbons (Fsp3) is 0.440. The first-order valence-electron chi connectivity index (χ1n) is 11.2. The van der Waals surface area contributed by atoms with Gasteiger partial charge in [-0.3, -0.25) is 0 Å². The molecule has 6 heteroatoms. The van der Waals surface area contributed by atoms with E-state index in [2.05, 4.69) is 57.0 Å². The lowest BCUT2D eigenvalue weighted by molar-refractivity contribution is 0.324. The highest BCUT2D eigenvalue weighted by molar-refractivity contribution is 5.91. The Morgan fingerprint density at radius 1 is 1.00 bits per heavy atom. The Kier molecular flexibility index (Phi) is 6.87. The zero-order chi connectivity index (χ0) is 21.6. The Balaban J connectivity index is 1.26. The summed E-state index contributed by atoms with van der Waals surface area (Å²) in [4.78, 5) is 11.0. The van der Waals surface area contributed by atoms with Crippen molar-refractivity contribution >= 4 is 22.5 Å². The van der Waals surface area contributed by atoms with Crippen molar-refractivity contribution in [1.82, 2.24) is 15.3 Å². The summed E-state index contributed by atoms with van der Waals surface area (Å²) in [7, 11) is 5.73. The van der Waals surface area contributed by atoms with Crippen LogP contribution in [0.1, 0.15) is 31.2 Å². The number of ether oxygens (including phenoxy) is 1. The van der Waals surface area contributed by atoms with Gasteiger partial charge < -0.3 is 20.3 Å². The molecule has 1 heterocycles. The van der Waals surface area contributed by atoms with Crippen molar-refractivity contribution < 1.29 is 4.74 Å². The molecule has 0 unspecified atom stereocenters. The third-order valence-corrected chi connectivity index (χ3v) is 6.22. The van der Waals surface area contributed by atoms with Crippen molar-refractivity contribution in [1.29, 1.82) is 0 Å². The molecule has 2 aromatic carbocycles. The third-order valence-electron chi connectivity index (χ3n) is 6.22. The highest BCUT2D eigenvalue weighted by Crippen LogP contribution is 2.29. The third kappa shape index (κ3) is 5.25. The first-order chi connectivity index (χ1) is 15.1. The molecule has 0 atom stereocenters. The minimum Gasteiger partial charge on any atom is -0.496 e. The molecule has 2 N–H and O–H groups in total. The number of benzene rings is 2. The number of hydrogen-bond donors (Lipinski definition) is 2. The molecular weight excluding hydrogens is 386 g/mol. The maximum Gasteiger partial charge on any atom is 0.224 e. The van der Waals surface area contributed by atoms with Gasteiger partial charge in [-0.25, -0.2) is 4.98 Å². The molecule has 0 radical (unpaired) electrons. The van der Waals surface area contributed by atoms with Gasteiger partial charge in [0.25, 0.3) is 0 Å². The normalized spacial score (nSPS) is 18.7. The lowest BCUT2D eigenvalue weighted by atomic mass is 9.86. The van der Waals surface area contributed by atoms with E-state index < -0.39 is 0 Å². The van der Waals surface area contributed by atoms with E-state index in [9.17, 15) is 0 Å². The highest BCUT2D eigenvalue weighted by atomic mass is 16.5. The molecule has 1 aliphatic rings. The lowest BCUT2D eigenvalue weighted by Gasteiger charge is -2.29. The van der Waals surface area contributed by atoms with Crippen LogP contribution in [0.3, 0.4) is 0 Å². The Morgan fingerprint density at radius 3 is 2.52 bits per heavy atom. The van der Waals surface area contributed by atoms with E-state index >= 15 is 0 Å². The van der Waals surface area contributed by atoms with Crippen LogP contribution < -0.4 is 20.3 Å². The molecule has 31 heavy (non-hydrogen) atoms. The summed E-state index contributed by atoms with van der Waals surface area (Å²) in [6.45, 7) is 1.94. The van der Waals surface area contributed by atoms with Crippen molar-refractivity contribution in [2.24, 2.45) is 5.92 Å². The Morgan fingerprint density at radius 2 is 1.77 bits per heavy atom. The SMILES string of the molecule is COc1ccc(CNCC2CCC(Nc3nccc(N(C)C)n3)CC2)c2ccccc12. The van der Waals surface area contributed by atoms with Crippen molar-refractivity contribution in [3.63, 3.8) is 0 Å². The molecule has 0 spiro atoms. The average Bonchev–Trinajstić information content (AvgIpc) is 2.80. The number of fused-ring (bicyclic) bond motifs is 1. The zero-order valence-electron chi connectivity index (χ0n) is 18.8. The second kappa shape index (κ2) is 9.96. The van der Waals surface area contributed by atoms with E-state index in [0.29, 0.717) is 6.04 Å². The zero-order valence-corrected chi connectivity index (χ0v) is 18.8. The summed E-state index contributed by atoms with van der Waals surface area (Å²) in [5.74, 6) is 3.32. The first-order valence-corrected chi connectivity index (χ1v) is 11.2. The number of hydrogen-bond acceptors (Lipinski definition) is 6. The summed E-state index contributed by atoms with van der Waals surface area (Å²) < 4.78 is 5.52. The molecule has 1 aromatic heterocycles. The molecular formula is C25H33N5O. The summed E-state index contributed by atoms with van der Waals surface area (Å²) in [5, 5.41) is 9.67. The smallest absolute Gasteiger partial charge is 0.224 e. The van der Waals surface area contributed by atoms with Crippen LogP contribution in [0.15, 0.2) is 48.7 Å². The standard InChI is InChI=1S/C25H33N5O/c1-30(2)24-14-15-27-25(29-24)28-20-11-8-18(9-12-20)16-26-17-19-10-13-23(31-3)22-7-5-4-6-21(19)22/h4-7,10,13-15,18,20,26H,8-9,11-12,16-17H2,1-3H3,(H,27,28,29). The van der Waals surface area contributed by atoms with Crippen molar-refractivity contribution in [3.05, 3.63) is 54.2 Å². The Labute approximate surface area is 185 Å². The van der Waals surface area contributed by atoms with Crippen molar-refractivity contribution in [3.8, 4) is 5.75 Å². The molecule has 0 amide bonds. The largest absolute Gasteiger partial charge is 0.496 e. The number of rotatable bonds is 8. The molecule has 1 fully saturated rings. The van der Waals surface area contributed by atoms with Crippen LogP contribution in [-0.2, 0) is 6.54 Å². The monoisotopic (exact) mass is 419 g/mol. The number of anilines is 2. The number of methoxy groups -OCH3 is 1. The summed E-state index contributed by atoms with van der Waals surface area (Å²) >= 11 is 0. The molecule has 1 aliphatic carbocycles. The predicted octanol–water partition coefficient (Wildman–Crippen LogP) is 4.46. The summed E-state index contributed by atoms with van der Waals surface area (Å²) in [6, 6.07) is 15.1. The maximum atomic E-state index is 5.52. The van der Waals surface area contributed by atoms with Gasteiger partial charge in [0.2, 0.25) is 5.95 Å². The minimum atomic E-state index is 0.458. The van der Waals surface area contributed by atoms with Gasteiger partial charge >= 0.3 is 0 Å². The summed E-state index contributed by atoms with van der Waals surface area (Å²) in [5.41, 5.74) is 1.32. The van der Waals surface area contributed by atoms with Gasteiger partial charge in [-0.1, -0.05) is 30.3 Å². The molecule has 0 saturated heterocycles. The Hall–Kier alpha value is -2.86. The molecule has 6 nitrogen and oxygen atoms in total. The average molecular weight is 420 g/mol. The molecule has 0 aliphatic heterocycles. The van der Waals surface area contributed by atoms with Gasteiger partial charge in [-0.15, -0.1) is 0 Å². The topological polar surface area (TPSA) is 62.3 Å². The maximum absolute atomic E-state index is 5.52. The number of nitrogens with zero attached hydrogens (tertiary/aromatic N) is 3. The van der Waals surface area contributed by atoms with Gasteiger partial charge in [0.1, 0.15) is 11.6 Å². The van der Waals surface area contributed by atoms with E-state index in [1.54, 1.807) is 7.11 Å². The van der Waals surface area contributed by atoms with E-state index in [0.717, 1.165) is 49.4 Å². The van der Waals surface area contributed by atoms with Crippen molar-refractivity contribution in [2.45, 2.75) is 38.3 Å². The van der Waals surface area contributed by atoms with Crippen LogP contribution >= 0.6 is 0 Å². The second-order valence-electron chi connectivity index (χ2n) is 8.60. The van der Waals surface area contributed by atoms with Gasteiger partial charge in [-0.2, -0.15) is 4.98 Å². The lowest BCUT2D eigenvalue weighted by Crippen LogP contribution is -2.31. The minimum absolute atomic E-state index is 0.458. The predicted molar refractivity (Wildman–Crippen MR) is 128 cm³/mol. The fourth-order valence-electron chi connectivity index (χ4n) is 4.44. The van der Waals surface area contributed by atoms with E-state index in [-0.39, 0.29) is 0 Å². The fourth-order valence-corrected chi connectivity index (χ4v) is 4.44. The van der Waals surface area contributed by atoms with Gasteiger partial charge in [0.15, 0.2) is 0 Å². The number of nitrogens with one attached hydrogen (secondary N) is 2. The molecule has 0 bridgehead atoms. The first kappa shape index (κ1) is 21.4. The van der Waals surface area contributed by atoms with Crippen LogP contribution in [0.25, 0.3) is 10.8 Å². The van der Waals surface area contributed by atoms with Gasteiger partial charge in [0.05, 0.1) is 7.11 Å². The van der Waals surface area contributed by atoms with Crippen LogP contribution in [0.2, 0.25) is 0 Å². The van der Waals surface area contributed by atoms with Crippen molar-refractivity contribution in [2.75, 3.05) is 38.0 Å². The summed E-state index contributed by atoms with van der Waals surface area (Å²) in [6.07, 6.45) is 6.59. The highest BCUT2D eigenvalue weighted by Gasteiger charge is 2.21. The quantitative estimate of drug-likeness (QED) is 0.562. The van der Waals surface area contributed by atoms with Crippen LogP contribution in [0.4, 0.5) is 11.8 Å². The molecule has 164 valence electrons. The van der Waals surface area contributed by atoms with E-state index in [1.807, 2.05) is 31.3 Å². The molecule has 4 rings (SSSR count). The molecule has 3 aromatic rings. The Bertz CT molecular complexity index is 998.